The van der Waals surface area contributed by atoms with Gasteiger partial charge in [0.05, 0.1) is 25.4 Å². The lowest BCUT2D eigenvalue weighted by Crippen LogP contribution is -2.38. The highest BCUT2D eigenvalue weighted by atomic mass is 16.7. The predicted molar refractivity (Wildman–Crippen MR) is 60.2 cm³/mol. The highest BCUT2D eigenvalue weighted by Crippen LogP contribution is 2.37. The summed E-state index contributed by atoms with van der Waals surface area (Å²) >= 11 is 0. The van der Waals surface area contributed by atoms with Crippen LogP contribution in [0, 0.1) is 0 Å². The zero-order valence-electron chi connectivity index (χ0n) is 9.95. The zero-order valence-corrected chi connectivity index (χ0v) is 9.95. The van der Waals surface area contributed by atoms with Gasteiger partial charge in [0.2, 0.25) is 0 Å². The first-order valence-corrected chi connectivity index (χ1v) is 6.80. The lowest BCUT2D eigenvalue weighted by atomic mass is 9.91. The predicted octanol–water partition coefficient (Wildman–Crippen LogP) is 2.63. The molecule has 3 rings (SSSR count). The van der Waals surface area contributed by atoms with Gasteiger partial charge >= 0.3 is 0 Å². The quantitative estimate of drug-likeness (QED) is 0.724. The third-order valence-electron chi connectivity index (χ3n) is 4.20. The van der Waals surface area contributed by atoms with Gasteiger partial charge < -0.3 is 14.2 Å². The Morgan fingerprint density at radius 2 is 1.38 bits per heavy atom. The van der Waals surface area contributed by atoms with E-state index in [-0.39, 0.29) is 5.79 Å². The van der Waals surface area contributed by atoms with E-state index in [9.17, 15) is 0 Å². The fourth-order valence-electron chi connectivity index (χ4n) is 3.25. The molecule has 1 saturated heterocycles. The summed E-state index contributed by atoms with van der Waals surface area (Å²) in [6.07, 6.45) is 10.5. The van der Waals surface area contributed by atoms with E-state index in [1.807, 2.05) is 0 Å². The molecular formula is C13H22O3. The van der Waals surface area contributed by atoms with Gasteiger partial charge in [-0.25, -0.2) is 0 Å². The number of hydrogen-bond donors (Lipinski definition) is 0. The van der Waals surface area contributed by atoms with E-state index in [1.165, 1.54) is 25.7 Å². The summed E-state index contributed by atoms with van der Waals surface area (Å²) < 4.78 is 17.6. The molecule has 16 heavy (non-hydrogen) atoms. The van der Waals surface area contributed by atoms with Crippen LogP contribution < -0.4 is 0 Å². The van der Waals surface area contributed by atoms with Gasteiger partial charge in [0, 0.05) is 12.8 Å². The summed E-state index contributed by atoms with van der Waals surface area (Å²) in [5.41, 5.74) is 0. The van der Waals surface area contributed by atoms with Crippen LogP contribution in [-0.2, 0) is 14.2 Å². The number of hydrogen-bond acceptors (Lipinski definition) is 3. The van der Waals surface area contributed by atoms with E-state index >= 15 is 0 Å². The Morgan fingerprint density at radius 3 is 2.00 bits per heavy atom. The molecule has 0 N–H and O–H groups in total. The fraction of sp³-hybridized carbons (Fsp3) is 1.00. The summed E-state index contributed by atoms with van der Waals surface area (Å²) in [5.74, 6) is -0.227. The van der Waals surface area contributed by atoms with Crippen molar-refractivity contribution in [2.24, 2.45) is 0 Å². The van der Waals surface area contributed by atoms with Gasteiger partial charge in [0.1, 0.15) is 0 Å². The molecule has 0 aromatic carbocycles. The van der Waals surface area contributed by atoms with Crippen LogP contribution in [-0.4, -0.2) is 31.2 Å². The molecule has 0 aromatic rings. The average molecular weight is 226 g/mol. The van der Waals surface area contributed by atoms with Gasteiger partial charge in [-0.2, -0.15) is 0 Å². The lowest BCUT2D eigenvalue weighted by molar-refractivity contribution is -0.195. The Labute approximate surface area is 97.4 Å². The maximum atomic E-state index is 6.14. The van der Waals surface area contributed by atoms with Crippen LogP contribution in [0.25, 0.3) is 0 Å². The van der Waals surface area contributed by atoms with Crippen molar-refractivity contribution in [1.82, 2.24) is 0 Å². The maximum absolute atomic E-state index is 6.14. The molecule has 1 aliphatic heterocycles. The van der Waals surface area contributed by atoms with Gasteiger partial charge in [-0.15, -0.1) is 0 Å². The normalized spacial score (nSPS) is 31.5. The zero-order chi connectivity index (χ0) is 10.8. The molecule has 2 saturated carbocycles. The van der Waals surface area contributed by atoms with Crippen molar-refractivity contribution in [3.05, 3.63) is 0 Å². The highest BCUT2D eigenvalue weighted by molar-refractivity contribution is 4.83. The molecule has 3 heteroatoms. The Morgan fingerprint density at radius 1 is 0.812 bits per heavy atom. The molecule has 1 heterocycles. The molecule has 0 unspecified atom stereocenters. The second kappa shape index (κ2) is 4.63. The van der Waals surface area contributed by atoms with Crippen molar-refractivity contribution >= 4 is 0 Å². The average Bonchev–Trinajstić information content (AvgIpc) is 2.94. The summed E-state index contributed by atoms with van der Waals surface area (Å²) in [4.78, 5) is 0. The maximum Gasteiger partial charge on any atom is 0.168 e. The van der Waals surface area contributed by atoms with Gasteiger partial charge in [-0.3, -0.25) is 0 Å². The lowest BCUT2D eigenvalue weighted by Gasteiger charge is -2.36. The minimum atomic E-state index is -0.227. The molecule has 3 nitrogen and oxygen atoms in total. The highest BCUT2D eigenvalue weighted by Gasteiger charge is 2.41. The van der Waals surface area contributed by atoms with Crippen LogP contribution in [0.5, 0.6) is 0 Å². The molecule has 1 spiro atoms. The molecule has 0 atom stereocenters. The molecule has 3 fully saturated rings. The van der Waals surface area contributed by atoms with E-state index in [0.29, 0.717) is 12.2 Å². The second-order valence-corrected chi connectivity index (χ2v) is 5.35. The number of ether oxygens (including phenoxy) is 3. The second-order valence-electron chi connectivity index (χ2n) is 5.35. The molecule has 92 valence electrons. The smallest absolute Gasteiger partial charge is 0.168 e. The van der Waals surface area contributed by atoms with Crippen LogP contribution in [0.15, 0.2) is 0 Å². The SMILES string of the molecule is C1CCC(OC2CCC3(CC2)OCCO3)C1. The van der Waals surface area contributed by atoms with Crippen molar-refractivity contribution in [3.63, 3.8) is 0 Å². The standard InChI is InChI=1S/C13H22O3/c1-2-4-11(3-1)16-12-5-7-13(8-6-12)14-9-10-15-13/h11-12H,1-10H2. The van der Waals surface area contributed by atoms with Gasteiger partial charge in [-0.05, 0) is 25.7 Å². The summed E-state index contributed by atoms with van der Waals surface area (Å²) in [6.45, 7) is 1.54. The minimum absolute atomic E-state index is 0.227. The fourth-order valence-corrected chi connectivity index (χ4v) is 3.25. The summed E-state index contributed by atoms with van der Waals surface area (Å²) in [7, 11) is 0. The molecular weight excluding hydrogens is 204 g/mol. The first kappa shape index (κ1) is 11.0. The Balaban J connectivity index is 1.46. The first-order chi connectivity index (χ1) is 7.86. The first-order valence-electron chi connectivity index (χ1n) is 6.80. The van der Waals surface area contributed by atoms with Crippen molar-refractivity contribution in [1.29, 1.82) is 0 Å². The van der Waals surface area contributed by atoms with E-state index < -0.39 is 0 Å². The molecule has 0 bridgehead atoms. The Hall–Kier alpha value is -0.120. The minimum Gasteiger partial charge on any atom is -0.375 e. The van der Waals surface area contributed by atoms with Crippen molar-refractivity contribution < 1.29 is 14.2 Å². The van der Waals surface area contributed by atoms with Crippen LogP contribution >= 0.6 is 0 Å². The molecule has 2 aliphatic carbocycles. The van der Waals surface area contributed by atoms with Crippen molar-refractivity contribution in [2.75, 3.05) is 13.2 Å². The molecule has 0 amide bonds. The summed E-state index contributed by atoms with van der Waals surface area (Å²) in [5, 5.41) is 0. The third kappa shape index (κ3) is 2.27. The Kier molecular flexibility index (Phi) is 3.18. The monoisotopic (exact) mass is 226 g/mol. The van der Waals surface area contributed by atoms with Crippen LogP contribution in [0.4, 0.5) is 0 Å². The van der Waals surface area contributed by atoms with Crippen molar-refractivity contribution in [2.45, 2.75) is 69.4 Å². The Bertz CT molecular complexity index is 219. The van der Waals surface area contributed by atoms with Crippen LogP contribution in [0.3, 0.4) is 0 Å². The van der Waals surface area contributed by atoms with E-state index in [4.69, 9.17) is 14.2 Å². The van der Waals surface area contributed by atoms with Crippen LogP contribution in [0.1, 0.15) is 51.4 Å². The van der Waals surface area contributed by atoms with Crippen LogP contribution in [0.2, 0.25) is 0 Å². The van der Waals surface area contributed by atoms with E-state index in [0.717, 1.165) is 38.9 Å². The van der Waals surface area contributed by atoms with Gasteiger partial charge in [-0.1, -0.05) is 12.8 Å². The largest absolute Gasteiger partial charge is 0.375 e. The molecule has 0 radical (unpaired) electrons. The topological polar surface area (TPSA) is 27.7 Å². The van der Waals surface area contributed by atoms with Crippen molar-refractivity contribution in [3.8, 4) is 0 Å². The van der Waals surface area contributed by atoms with E-state index in [1.54, 1.807) is 0 Å². The third-order valence-corrected chi connectivity index (χ3v) is 4.20. The molecule has 3 aliphatic rings. The number of rotatable bonds is 2. The van der Waals surface area contributed by atoms with E-state index in [2.05, 4.69) is 0 Å². The molecule has 0 aromatic heterocycles. The van der Waals surface area contributed by atoms with Gasteiger partial charge in [0.15, 0.2) is 5.79 Å². The summed E-state index contributed by atoms with van der Waals surface area (Å²) in [6, 6.07) is 0. The van der Waals surface area contributed by atoms with Gasteiger partial charge in [0.25, 0.3) is 0 Å².